The van der Waals surface area contributed by atoms with Crippen molar-refractivity contribution in [3.63, 3.8) is 0 Å². The lowest BCUT2D eigenvalue weighted by atomic mass is 10.1. The Morgan fingerprint density at radius 3 is 2.80 bits per heavy atom. The third-order valence-corrected chi connectivity index (χ3v) is 2.04. The molecule has 0 saturated carbocycles. The Kier molecular flexibility index (Phi) is 3.62. The number of phenols is 1. The van der Waals surface area contributed by atoms with Crippen LogP contribution in [0.1, 0.15) is 5.56 Å². The number of rotatable bonds is 4. The Labute approximate surface area is 85.9 Å². The Balaban J connectivity index is 2.88. The number of carboxylic acid groups (broad SMARTS) is 1. The van der Waals surface area contributed by atoms with E-state index in [0.717, 1.165) is 6.07 Å². The summed E-state index contributed by atoms with van der Waals surface area (Å²) in [7, 11) is 1.25. The molecule has 1 unspecified atom stereocenters. The van der Waals surface area contributed by atoms with Crippen LogP contribution >= 0.6 is 0 Å². The van der Waals surface area contributed by atoms with Crippen LogP contribution in [0.15, 0.2) is 18.2 Å². The van der Waals surface area contributed by atoms with Gasteiger partial charge in [0.15, 0.2) is 17.7 Å². The number of carbonyl (C=O) groups is 1. The van der Waals surface area contributed by atoms with Crippen LogP contribution < -0.4 is 0 Å². The second-order valence-corrected chi connectivity index (χ2v) is 3.01. The molecule has 1 aromatic rings. The zero-order valence-corrected chi connectivity index (χ0v) is 8.11. The van der Waals surface area contributed by atoms with Gasteiger partial charge in [-0.1, -0.05) is 12.1 Å². The first-order valence-electron chi connectivity index (χ1n) is 4.28. The van der Waals surface area contributed by atoms with Crippen molar-refractivity contribution in [1.29, 1.82) is 0 Å². The van der Waals surface area contributed by atoms with E-state index in [1.807, 2.05) is 0 Å². The van der Waals surface area contributed by atoms with Gasteiger partial charge in [0.25, 0.3) is 0 Å². The number of aromatic hydroxyl groups is 1. The fourth-order valence-electron chi connectivity index (χ4n) is 1.20. The Hall–Kier alpha value is -1.62. The molecule has 0 radical (unpaired) electrons. The predicted octanol–water partition coefficient (Wildman–Crippen LogP) is 1.17. The lowest BCUT2D eigenvalue weighted by Gasteiger charge is -2.11. The maximum Gasteiger partial charge on any atom is 0.333 e. The lowest BCUT2D eigenvalue weighted by molar-refractivity contribution is -0.148. The van der Waals surface area contributed by atoms with Crippen LogP contribution in [0.3, 0.4) is 0 Å². The van der Waals surface area contributed by atoms with Gasteiger partial charge in [-0.2, -0.15) is 0 Å². The number of ether oxygens (including phenoxy) is 1. The molecule has 0 heterocycles. The van der Waals surface area contributed by atoms with Gasteiger partial charge in [-0.25, -0.2) is 9.18 Å². The largest absolute Gasteiger partial charge is 0.505 e. The highest BCUT2D eigenvalue weighted by Gasteiger charge is 2.19. The third-order valence-electron chi connectivity index (χ3n) is 2.04. The van der Waals surface area contributed by atoms with E-state index in [4.69, 9.17) is 5.11 Å². The van der Waals surface area contributed by atoms with Gasteiger partial charge in [-0.3, -0.25) is 0 Å². The van der Waals surface area contributed by atoms with E-state index >= 15 is 0 Å². The summed E-state index contributed by atoms with van der Waals surface area (Å²) in [6.45, 7) is 0. The number of halogens is 1. The van der Waals surface area contributed by atoms with Crippen molar-refractivity contribution in [3.05, 3.63) is 29.6 Å². The minimum absolute atomic E-state index is 0.0740. The summed E-state index contributed by atoms with van der Waals surface area (Å²) >= 11 is 0. The number of para-hydroxylation sites is 1. The first-order valence-corrected chi connectivity index (χ1v) is 4.28. The molecule has 0 amide bonds. The van der Waals surface area contributed by atoms with Gasteiger partial charge in [0.05, 0.1) is 0 Å². The lowest BCUT2D eigenvalue weighted by Crippen LogP contribution is -2.24. The Bertz CT molecular complexity index is 364. The molecule has 0 bridgehead atoms. The topological polar surface area (TPSA) is 66.8 Å². The highest BCUT2D eigenvalue weighted by Crippen LogP contribution is 2.22. The minimum Gasteiger partial charge on any atom is -0.505 e. The molecule has 1 atom stereocenters. The molecule has 0 aromatic heterocycles. The summed E-state index contributed by atoms with van der Waals surface area (Å²) < 4.78 is 17.6. The Morgan fingerprint density at radius 1 is 1.60 bits per heavy atom. The quantitative estimate of drug-likeness (QED) is 0.789. The van der Waals surface area contributed by atoms with Gasteiger partial charge in [0.1, 0.15) is 0 Å². The number of phenolic OH excluding ortho intramolecular Hbond substituents is 1. The summed E-state index contributed by atoms with van der Waals surface area (Å²) in [5, 5.41) is 18.0. The maximum atomic E-state index is 12.9. The van der Waals surface area contributed by atoms with Crippen LogP contribution in [0, 0.1) is 5.82 Å². The SMILES string of the molecule is COC(Cc1cccc(F)c1O)C(=O)O. The molecule has 0 aliphatic heterocycles. The molecule has 5 heteroatoms. The van der Waals surface area contributed by atoms with Gasteiger partial charge in [0, 0.05) is 19.1 Å². The number of carboxylic acids is 1. The van der Waals surface area contributed by atoms with E-state index in [9.17, 15) is 14.3 Å². The predicted molar refractivity (Wildman–Crippen MR) is 50.2 cm³/mol. The molecule has 2 N–H and O–H groups in total. The van der Waals surface area contributed by atoms with Crippen molar-refractivity contribution in [2.45, 2.75) is 12.5 Å². The first kappa shape index (κ1) is 11.5. The minimum atomic E-state index is -1.15. The molecule has 0 aliphatic rings. The van der Waals surface area contributed by atoms with Crippen molar-refractivity contribution in [1.82, 2.24) is 0 Å². The second-order valence-electron chi connectivity index (χ2n) is 3.01. The molecule has 0 aliphatic carbocycles. The van der Waals surface area contributed by atoms with E-state index in [-0.39, 0.29) is 12.0 Å². The zero-order valence-electron chi connectivity index (χ0n) is 8.11. The molecule has 0 spiro atoms. The van der Waals surface area contributed by atoms with Gasteiger partial charge in [-0.15, -0.1) is 0 Å². The number of hydrogen-bond acceptors (Lipinski definition) is 3. The highest BCUT2D eigenvalue weighted by molar-refractivity contribution is 5.72. The van der Waals surface area contributed by atoms with Crippen LogP contribution in [0.4, 0.5) is 4.39 Å². The van der Waals surface area contributed by atoms with Crippen LogP contribution in [0.5, 0.6) is 5.75 Å². The van der Waals surface area contributed by atoms with Crippen LogP contribution in [-0.4, -0.2) is 29.4 Å². The van der Waals surface area contributed by atoms with Crippen molar-refractivity contribution in [2.75, 3.05) is 7.11 Å². The van der Waals surface area contributed by atoms with Crippen LogP contribution in [0.25, 0.3) is 0 Å². The maximum absolute atomic E-state index is 12.9. The fourth-order valence-corrected chi connectivity index (χ4v) is 1.20. The second kappa shape index (κ2) is 4.75. The average Bonchev–Trinajstić information content (AvgIpc) is 2.19. The molecular weight excluding hydrogens is 203 g/mol. The third kappa shape index (κ3) is 2.66. The highest BCUT2D eigenvalue weighted by atomic mass is 19.1. The summed E-state index contributed by atoms with van der Waals surface area (Å²) in [6, 6.07) is 3.95. The molecule has 82 valence electrons. The van der Waals surface area contributed by atoms with E-state index in [1.165, 1.54) is 19.2 Å². The van der Waals surface area contributed by atoms with E-state index < -0.39 is 23.6 Å². The average molecular weight is 214 g/mol. The van der Waals surface area contributed by atoms with Gasteiger partial charge < -0.3 is 14.9 Å². The van der Waals surface area contributed by atoms with Gasteiger partial charge in [-0.05, 0) is 6.07 Å². The number of benzene rings is 1. The van der Waals surface area contributed by atoms with Crippen LogP contribution in [0.2, 0.25) is 0 Å². The summed E-state index contributed by atoms with van der Waals surface area (Å²) in [6.07, 6.45) is -1.16. The molecule has 15 heavy (non-hydrogen) atoms. The number of hydrogen-bond donors (Lipinski definition) is 2. The molecule has 1 rings (SSSR count). The first-order chi connectivity index (χ1) is 7.06. The monoisotopic (exact) mass is 214 g/mol. The van der Waals surface area contributed by atoms with E-state index in [1.54, 1.807) is 0 Å². The standard InChI is InChI=1S/C10H11FO4/c1-15-8(10(13)14)5-6-3-2-4-7(11)9(6)12/h2-4,8,12H,5H2,1H3,(H,13,14). The van der Waals surface area contributed by atoms with Crippen molar-refractivity contribution in [2.24, 2.45) is 0 Å². The number of aliphatic carboxylic acids is 1. The number of methoxy groups -OCH3 is 1. The fraction of sp³-hybridized carbons (Fsp3) is 0.300. The Morgan fingerprint density at radius 2 is 2.27 bits per heavy atom. The zero-order chi connectivity index (χ0) is 11.4. The van der Waals surface area contributed by atoms with E-state index in [2.05, 4.69) is 4.74 Å². The summed E-state index contributed by atoms with van der Waals surface area (Å²) in [5.74, 6) is -2.45. The smallest absolute Gasteiger partial charge is 0.333 e. The van der Waals surface area contributed by atoms with Crippen molar-refractivity contribution >= 4 is 5.97 Å². The van der Waals surface area contributed by atoms with Gasteiger partial charge in [0.2, 0.25) is 0 Å². The normalized spacial score (nSPS) is 12.4. The molecule has 0 fully saturated rings. The van der Waals surface area contributed by atoms with Crippen molar-refractivity contribution in [3.8, 4) is 5.75 Å². The summed E-state index contributed by atoms with van der Waals surface area (Å²) in [5.41, 5.74) is 0.212. The molecule has 0 saturated heterocycles. The van der Waals surface area contributed by atoms with Crippen LogP contribution in [-0.2, 0) is 16.0 Å². The molecule has 1 aromatic carbocycles. The molecular formula is C10H11FO4. The van der Waals surface area contributed by atoms with Gasteiger partial charge >= 0.3 is 5.97 Å². The summed E-state index contributed by atoms with van der Waals surface area (Å²) in [4.78, 5) is 10.6. The van der Waals surface area contributed by atoms with E-state index in [0.29, 0.717) is 0 Å². The molecule has 4 nitrogen and oxygen atoms in total. The van der Waals surface area contributed by atoms with Crippen molar-refractivity contribution < 1.29 is 24.1 Å².